The summed E-state index contributed by atoms with van der Waals surface area (Å²) >= 11 is 30.4. The van der Waals surface area contributed by atoms with Gasteiger partial charge in [-0.1, -0.05) is 92.8 Å². The SMILES string of the molecule is C.C.C.C.CC(C)(SC(=S)N1CCOCC1)C(=O)O.CC(C)=O.Cl.ClC(Cl)Cl.S=C([S-])N1CCOCC1.[Na+]. The van der Waals surface area contributed by atoms with Gasteiger partial charge in [0.2, 0.25) is 0 Å². The Morgan fingerprint density at radius 2 is 1.16 bits per heavy atom. The molecular weight excluding hydrogens is 665 g/mol. The molecule has 0 saturated carbocycles. The molecule has 2 saturated heterocycles. The molecule has 0 aromatic heterocycles. The number of carboxylic acids is 1. The molecule has 0 bridgehead atoms. The van der Waals surface area contributed by atoms with Crippen molar-refractivity contribution in [1.82, 2.24) is 9.80 Å². The van der Waals surface area contributed by atoms with Crippen LogP contribution in [0, 0.1) is 0 Å². The molecule has 7 nitrogen and oxygen atoms in total. The Kier molecular flexibility index (Phi) is 54.0. The topological polar surface area (TPSA) is 79.3 Å². The second kappa shape index (κ2) is 34.8. The third kappa shape index (κ3) is 37.6. The molecule has 0 aromatic rings. The van der Waals surface area contributed by atoms with E-state index in [1.807, 2.05) is 9.80 Å². The Hall–Kier alpha value is 1.57. The van der Waals surface area contributed by atoms with Crippen molar-refractivity contribution >= 4 is 116 Å². The van der Waals surface area contributed by atoms with Crippen molar-refractivity contribution in [1.29, 1.82) is 0 Å². The Labute approximate surface area is 296 Å². The number of nitrogens with zero attached hydrogens (tertiary/aromatic N) is 2. The number of thioether (sulfide) groups is 1. The van der Waals surface area contributed by atoms with E-state index >= 15 is 0 Å². The fraction of sp³-hybridized carbons (Fsp3) is 0.818. The molecule has 0 radical (unpaired) electrons. The number of Topliss-reactive ketones (excluding diaryl/α,β-unsaturated/α-hetero) is 1. The average Bonchev–Trinajstić information content (AvgIpc) is 2.68. The van der Waals surface area contributed by atoms with Crippen molar-refractivity contribution in [2.45, 2.75) is 66.4 Å². The number of morpholine rings is 2. The number of carbonyl (C=O) groups excluding carboxylic acids is 1. The monoisotopic (exact) mass is 710 g/mol. The number of carbonyl (C=O) groups is 2. The number of carboxylic acid groups (broad SMARTS) is 1. The average molecular weight is 713 g/mol. The number of hydrogen-bond acceptors (Lipinski definition) is 8. The Morgan fingerprint density at radius 3 is 1.37 bits per heavy atom. The minimum atomic E-state index is -0.866. The van der Waals surface area contributed by atoms with Crippen molar-refractivity contribution in [3.63, 3.8) is 0 Å². The Morgan fingerprint density at radius 1 is 0.895 bits per heavy atom. The van der Waals surface area contributed by atoms with Gasteiger partial charge in [-0.3, -0.25) is 4.79 Å². The van der Waals surface area contributed by atoms with Crippen LogP contribution in [0.2, 0.25) is 0 Å². The van der Waals surface area contributed by atoms with Gasteiger partial charge in [0.05, 0.1) is 26.4 Å². The van der Waals surface area contributed by atoms with Gasteiger partial charge in [-0.25, -0.2) is 0 Å². The van der Waals surface area contributed by atoms with E-state index in [9.17, 15) is 9.59 Å². The standard InChI is InChI=1S/C9H15NO3S2.C5H9NOS2.C3H6O.CHCl3.4CH4.ClH.Na/c1-9(2,7(11)12)15-8(14)10-3-5-13-6-4-10;8-5(9)6-1-3-7-4-2-6;1-3(2)4;2-1(3)4;;;;;;/h3-6H2,1-2H3,(H,11,12);1-4H2,(H,8,9);1-2H3;1H;4*1H4;1H;/q;;;;;;;;;+1/p-1. The van der Waals surface area contributed by atoms with E-state index in [0.29, 0.717) is 21.9 Å². The zero-order chi connectivity index (χ0) is 25.3. The smallest absolute Gasteiger partial charge is 0.480 e. The van der Waals surface area contributed by atoms with Crippen LogP contribution in [0.4, 0.5) is 0 Å². The molecule has 1 N–H and O–H groups in total. The van der Waals surface area contributed by atoms with Gasteiger partial charge in [0, 0.05) is 26.2 Å². The quantitative estimate of drug-likeness (QED) is 0.196. The van der Waals surface area contributed by atoms with E-state index in [1.165, 1.54) is 25.6 Å². The van der Waals surface area contributed by atoms with Crippen LogP contribution in [0.25, 0.3) is 0 Å². The number of hydrogen-bond donors (Lipinski definition) is 1. The Balaban J connectivity index is -0.0000000569. The van der Waals surface area contributed by atoms with Gasteiger partial charge < -0.3 is 54.0 Å². The summed E-state index contributed by atoms with van der Waals surface area (Å²) in [4.78, 5) is 24.3. The summed E-state index contributed by atoms with van der Waals surface area (Å²) in [5.74, 6) is -0.678. The van der Waals surface area contributed by atoms with Crippen LogP contribution in [-0.4, -0.2) is 96.9 Å². The first kappa shape index (κ1) is 59.1. The molecule has 16 heteroatoms. The summed E-state index contributed by atoms with van der Waals surface area (Å²) in [6.45, 7) is 12.4. The van der Waals surface area contributed by atoms with E-state index in [0.717, 1.165) is 39.4 Å². The number of aliphatic carboxylic acids is 1. The first-order chi connectivity index (χ1) is 14.7. The van der Waals surface area contributed by atoms with E-state index in [1.54, 1.807) is 13.8 Å². The summed E-state index contributed by atoms with van der Waals surface area (Å²) in [7, 11) is 0. The van der Waals surface area contributed by atoms with E-state index in [2.05, 4.69) is 0 Å². The zero-order valence-corrected chi connectivity index (χ0v) is 28.2. The first-order valence-electron chi connectivity index (χ1n) is 9.42. The molecule has 38 heavy (non-hydrogen) atoms. The Bertz CT molecular complexity index is 595. The van der Waals surface area contributed by atoms with Crippen molar-refractivity contribution in [3.8, 4) is 0 Å². The molecule has 0 atom stereocenters. The van der Waals surface area contributed by atoms with Crippen molar-refractivity contribution in [3.05, 3.63) is 0 Å². The summed E-state index contributed by atoms with van der Waals surface area (Å²) in [6.07, 6.45) is 0. The molecule has 228 valence electrons. The number of halogens is 4. The van der Waals surface area contributed by atoms with Gasteiger partial charge in [-0.05, 0) is 27.7 Å². The van der Waals surface area contributed by atoms with Crippen LogP contribution in [0.5, 0.6) is 0 Å². The van der Waals surface area contributed by atoms with Gasteiger partial charge in [0.25, 0.3) is 0 Å². The molecule has 0 aromatic carbocycles. The van der Waals surface area contributed by atoms with E-state index in [4.69, 9.17) is 86.4 Å². The van der Waals surface area contributed by atoms with Gasteiger partial charge in [-0.15, -0.1) is 12.4 Å². The molecule has 0 unspecified atom stereocenters. The van der Waals surface area contributed by atoms with Crippen LogP contribution >= 0.6 is 83.4 Å². The van der Waals surface area contributed by atoms with Gasteiger partial charge >= 0.3 is 35.5 Å². The third-order valence-corrected chi connectivity index (χ3v) is 5.54. The summed E-state index contributed by atoms with van der Waals surface area (Å²) in [5, 5.41) is 8.96. The van der Waals surface area contributed by atoms with Crippen molar-refractivity contribution < 1.29 is 53.7 Å². The molecule has 2 aliphatic rings. The van der Waals surface area contributed by atoms with Crippen LogP contribution in [0.1, 0.15) is 57.4 Å². The summed E-state index contributed by atoms with van der Waals surface area (Å²) < 4.78 is 9.90. The maximum absolute atomic E-state index is 10.9. The molecule has 2 heterocycles. The zero-order valence-electron chi connectivity index (χ0n) is 19.9. The molecule has 0 amide bonds. The van der Waals surface area contributed by atoms with Crippen LogP contribution < -0.4 is 29.6 Å². The fourth-order valence-electron chi connectivity index (χ4n) is 1.82. The number of alkyl halides is 3. The second-order valence-electron chi connectivity index (χ2n) is 6.80. The largest absolute Gasteiger partial charge is 1.00 e. The molecule has 2 rings (SSSR count). The maximum Gasteiger partial charge on any atom is 1.00 e. The number of rotatable bonds is 2. The second-order valence-corrected chi connectivity index (χ2v) is 12.1. The number of ether oxygens (including phenoxy) is 2. The minimum Gasteiger partial charge on any atom is -0.480 e. The number of thiocarbonyl (C=S) groups is 2. The third-order valence-electron chi connectivity index (χ3n) is 3.40. The van der Waals surface area contributed by atoms with Gasteiger partial charge in [0.15, 0.2) is 4.30 Å². The van der Waals surface area contributed by atoms with Crippen LogP contribution in [0.15, 0.2) is 0 Å². The molecule has 0 spiro atoms. The predicted molar refractivity (Wildman–Crippen MR) is 179 cm³/mol. The molecular formula is C22H47Cl4N2NaO5S4. The summed E-state index contributed by atoms with van der Waals surface area (Å²) in [6, 6.07) is 0. The normalized spacial score (nSPS) is 13.3. The minimum absolute atomic E-state index is 0. The van der Waals surface area contributed by atoms with Gasteiger partial charge in [0.1, 0.15) is 14.9 Å². The molecule has 0 aliphatic carbocycles. The molecule has 2 aliphatic heterocycles. The first-order valence-corrected chi connectivity index (χ1v) is 12.8. The predicted octanol–water partition coefficient (Wildman–Crippen LogP) is 3.90. The van der Waals surface area contributed by atoms with E-state index in [-0.39, 0.29) is 77.5 Å². The van der Waals surface area contributed by atoms with Crippen molar-refractivity contribution in [2.75, 3.05) is 52.6 Å². The number of ketones is 1. The van der Waals surface area contributed by atoms with Crippen LogP contribution in [0.3, 0.4) is 0 Å². The van der Waals surface area contributed by atoms with Crippen LogP contribution in [-0.2, 0) is 31.7 Å². The van der Waals surface area contributed by atoms with Crippen molar-refractivity contribution in [2.24, 2.45) is 0 Å². The summed E-state index contributed by atoms with van der Waals surface area (Å²) in [5.41, 5.74) is 0. The van der Waals surface area contributed by atoms with Gasteiger partial charge in [-0.2, -0.15) is 0 Å². The van der Waals surface area contributed by atoms with E-state index < -0.39 is 15.0 Å². The molecule has 2 fully saturated rings. The fourth-order valence-corrected chi connectivity index (χ4v) is 3.83. The maximum atomic E-state index is 10.9.